The number of hydrogen-bond acceptors (Lipinski definition) is 8. The Bertz CT molecular complexity index is 1610. The van der Waals surface area contributed by atoms with Crippen molar-refractivity contribution in [2.45, 2.75) is 19.8 Å². The fourth-order valence-electron chi connectivity index (χ4n) is 5.75. The Morgan fingerprint density at radius 3 is 2.58 bits per heavy atom. The average molecular weight is 504 g/mol. The van der Waals surface area contributed by atoms with Crippen molar-refractivity contribution < 1.29 is 14.3 Å². The van der Waals surface area contributed by atoms with Crippen molar-refractivity contribution in [3.05, 3.63) is 46.2 Å². The number of fused-ring (bicyclic) bond motifs is 6. The van der Waals surface area contributed by atoms with E-state index in [-0.39, 0.29) is 18.1 Å². The summed E-state index contributed by atoms with van der Waals surface area (Å²) in [4.78, 5) is 53.0. The van der Waals surface area contributed by atoms with Gasteiger partial charge in [0.25, 0.3) is 0 Å². The van der Waals surface area contributed by atoms with Gasteiger partial charge in [-0.1, -0.05) is 12.1 Å². The van der Waals surface area contributed by atoms with Crippen molar-refractivity contribution in [2.75, 3.05) is 37.7 Å². The first-order valence-corrected chi connectivity index (χ1v) is 13.3. The van der Waals surface area contributed by atoms with Crippen LogP contribution in [0.15, 0.2) is 35.3 Å². The lowest BCUT2D eigenvalue weighted by Crippen LogP contribution is -2.34. The van der Waals surface area contributed by atoms with Gasteiger partial charge in [0, 0.05) is 50.1 Å². The van der Waals surface area contributed by atoms with Crippen LogP contribution in [0.1, 0.15) is 30.1 Å². The maximum Gasteiger partial charge on any atom is 0.345 e. The van der Waals surface area contributed by atoms with Crippen molar-refractivity contribution in [3.8, 4) is 0 Å². The molecule has 1 amide bonds. The predicted molar refractivity (Wildman–Crippen MR) is 137 cm³/mol. The van der Waals surface area contributed by atoms with Crippen molar-refractivity contribution in [3.63, 3.8) is 0 Å². The first-order valence-electron chi connectivity index (χ1n) is 12.5. The molecule has 10 heteroatoms. The molecule has 3 aliphatic rings. The summed E-state index contributed by atoms with van der Waals surface area (Å²) in [7, 11) is 0. The number of para-hydroxylation sites is 1. The fourth-order valence-corrected chi connectivity index (χ4v) is 6.92. The largest absolute Gasteiger partial charge is 0.462 e. The number of anilines is 1. The zero-order valence-corrected chi connectivity index (χ0v) is 20.7. The zero-order valence-electron chi connectivity index (χ0n) is 19.8. The Kier molecular flexibility index (Phi) is 4.82. The maximum atomic E-state index is 13.4. The molecule has 0 spiro atoms. The molecule has 9 nitrogen and oxygen atoms in total. The second-order valence-electron chi connectivity index (χ2n) is 9.98. The van der Waals surface area contributed by atoms with Crippen LogP contribution in [0.25, 0.3) is 26.1 Å². The van der Waals surface area contributed by atoms with E-state index in [1.165, 1.54) is 11.3 Å². The average Bonchev–Trinajstić information content (AvgIpc) is 3.37. The van der Waals surface area contributed by atoms with Gasteiger partial charge >= 0.3 is 5.97 Å². The van der Waals surface area contributed by atoms with E-state index in [2.05, 4.69) is 9.88 Å². The minimum atomic E-state index is -0.629. The standard InChI is InChI=1S/C26H25N5O4S/c1-2-35-25(34)20-21(32)17-9-27-26(28-22(17)31-18-5-3-4-6-19(18)36-24(20)31)30-12-15-10-29(11-16(15)13-30)23(33)14-7-8-14/h3-6,9,14-16H,2,7-8,10-13H2,1H3. The third kappa shape index (κ3) is 3.23. The third-order valence-corrected chi connectivity index (χ3v) is 8.80. The highest BCUT2D eigenvalue weighted by Gasteiger charge is 2.45. The molecule has 2 unspecified atom stereocenters. The van der Waals surface area contributed by atoms with E-state index in [1.54, 1.807) is 13.1 Å². The summed E-state index contributed by atoms with van der Waals surface area (Å²) in [6.07, 6.45) is 3.61. The Morgan fingerprint density at radius 2 is 1.86 bits per heavy atom. The number of carbonyl (C=O) groups excluding carboxylic acids is 2. The molecule has 184 valence electrons. The molecule has 7 rings (SSSR count). The Labute approximate surface area is 210 Å². The molecule has 1 aliphatic carbocycles. The van der Waals surface area contributed by atoms with Gasteiger partial charge in [-0.3, -0.25) is 14.0 Å². The number of nitrogens with zero attached hydrogens (tertiary/aromatic N) is 5. The van der Waals surface area contributed by atoms with Crippen LogP contribution in [0.2, 0.25) is 0 Å². The Morgan fingerprint density at radius 1 is 1.11 bits per heavy atom. The lowest BCUT2D eigenvalue weighted by molar-refractivity contribution is -0.131. The van der Waals surface area contributed by atoms with E-state index < -0.39 is 11.4 Å². The molecule has 2 aliphatic heterocycles. The van der Waals surface area contributed by atoms with Crippen LogP contribution in [-0.4, -0.2) is 63.9 Å². The summed E-state index contributed by atoms with van der Waals surface area (Å²) in [5.41, 5.74) is 0.991. The number of ether oxygens (including phenoxy) is 1. The Balaban J connectivity index is 1.31. The van der Waals surface area contributed by atoms with Crippen LogP contribution in [-0.2, 0) is 9.53 Å². The molecule has 3 aromatic heterocycles. The maximum absolute atomic E-state index is 13.4. The number of esters is 1. The SMILES string of the molecule is CCOC(=O)c1c(=O)c2cnc(N3CC4CN(C(=O)C5CC5)CC4C3)nc2n2c1sc1ccccc12. The number of rotatable bonds is 4. The quantitative estimate of drug-likeness (QED) is 0.395. The molecule has 1 saturated carbocycles. The summed E-state index contributed by atoms with van der Waals surface area (Å²) in [6.45, 7) is 5.07. The van der Waals surface area contributed by atoms with Crippen molar-refractivity contribution in [2.24, 2.45) is 17.8 Å². The molecule has 5 heterocycles. The highest BCUT2D eigenvalue weighted by molar-refractivity contribution is 7.24. The summed E-state index contributed by atoms with van der Waals surface area (Å²) in [6, 6.07) is 7.80. The molecule has 1 aromatic carbocycles. The van der Waals surface area contributed by atoms with Crippen LogP contribution in [0, 0.1) is 17.8 Å². The second-order valence-corrected chi connectivity index (χ2v) is 11.0. The van der Waals surface area contributed by atoms with Gasteiger partial charge in [-0.05, 0) is 31.9 Å². The van der Waals surface area contributed by atoms with E-state index in [0.29, 0.717) is 39.6 Å². The summed E-state index contributed by atoms with van der Waals surface area (Å²) in [5, 5.41) is 0.295. The molecule has 4 aromatic rings. The molecular formula is C26H25N5O4S. The Hall–Kier alpha value is -3.53. The number of benzene rings is 1. The highest BCUT2D eigenvalue weighted by atomic mass is 32.1. The van der Waals surface area contributed by atoms with E-state index in [0.717, 1.165) is 49.2 Å². The fraction of sp³-hybridized carbons (Fsp3) is 0.423. The number of aromatic nitrogens is 3. The highest BCUT2D eigenvalue weighted by Crippen LogP contribution is 2.38. The number of carbonyl (C=O) groups is 2. The number of hydrogen-bond donors (Lipinski definition) is 0. The molecule has 0 N–H and O–H groups in total. The number of thiazole rings is 1. The molecule has 2 saturated heterocycles. The molecule has 2 atom stereocenters. The van der Waals surface area contributed by atoms with Gasteiger partial charge in [0.15, 0.2) is 5.65 Å². The predicted octanol–water partition coefficient (Wildman–Crippen LogP) is 2.94. The van der Waals surface area contributed by atoms with Gasteiger partial charge in [-0.15, -0.1) is 11.3 Å². The lowest BCUT2D eigenvalue weighted by Gasteiger charge is -2.22. The van der Waals surface area contributed by atoms with Crippen molar-refractivity contribution >= 4 is 55.2 Å². The van der Waals surface area contributed by atoms with Gasteiger partial charge < -0.3 is 14.5 Å². The van der Waals surface area contributed by atoms with Crippen LogP contribution in [0.3, 0.4) is 0 Å². The van der Waals surface area contributed by atoms with Gasteiger partial charge in [-0.25, -0.2) is 9.78 Å². The van der Waals surface area contributed by atoms with Gasteiger partial charge in [0.05, 0.1) is 22.2 Å². The number of amides is 1. The third-order valence-electron chi connectivity index (χ3n) is 7.66. The van der Waals surface area contributed by atoms with Gasteiger partial charge in [0.1, 0.15) is 10.4 Å². The number of likely N-dealkylation sites (tertiary alicyclic amines) is 1. The van der Waals surface area contributed by atoms with E-state index in [1.807, 2.05) is 33.6 Å². The molecule has 3 fully saturated rings. The van der Waals surface area contributed by atoms with E-state index >= 15 is 0 Å². The zero-order chi connectivity index (χ0) is 24.6. The normalized spacial score (nSPS) is 21.6. The van der Waals surface area contributed by atoms with E-state index in [9.17, 15) is 14.4 Å². The van der Waals surface area contributed by atoms with Crippen molar-refractivity contribution in [1.82, 2.24) is 19.3 Å². The number of pyridine rings is 1. The first-order chi connectivity index (χ1) is 17.5. The molecular weight excluding hydrogens is 478 g/mol. The molecule has 0 radical (unpaired) electrons. The minimum absolute atomic E-state index is 0.0259. The monoisotopic (exact) mass is 503 g/mol. The van der Waals surface area contributed by atoms with Crippen LogP contribution in [0.4, 0.5) is 5.95 Å². The van der Waals surface area contributed by atoms with Crippen molar-refractivity contribution in [1.29, 1.82) is 0 Å². The first kappa shape index (κ1) is 21.7. The van der Waals surface area contributed by atoms with Gasteiger partial charge in [0.2, 0.25) is 17.3 Å². The van der Waals surface area contributed by atoms with E-state index in [4.69, 9.17) is 9.72 Å². The van der Waals surface area contributed by atoms with Crippen LogP contribution in [0.5, 0.6) is 0 Å². The second kappa shape index (κ2) is 7.99. The summed E-state index contributed by atoms with van der Waals surface area (Å²) >= 11 is 1.38. The lowest BCUT2D eigenvalue weighted by atomic mass is 10.0. The smallest absolute Gasteiger partial charge is 0.345 e. The van der Waals surface area contributed by atoms with Crippen LogP contribution >= 0.6 is 11.3 Å². The summed E-state index contributed by atoms with van der Waals surface area (Å²) < 4.78 is 8.07. The topological polar surface area (TPSA) is 97.1 Å². The molecule has 0 bridgehead atoms. The van der Waals surface area contributed by atoms with Crippen LogP contribution < -0.4 is 10.3 Å². The minimum Gasteiger partial charge on any atom is -0.462 e. The van der Waals surface area contributed by atoms with Gasteiger partial charge in [-0.2, -0.15) is 4.98 Å². The summed E-state index contributed by atoms with van der Waals surface area (Å²) in [5.74, 6) is 1.33. The molecule has 36 heavy (non-hydrogen) atoms.